The van der Waals surface area contributed by atoms with Crippen LogP contribution in [0.25, 0.3) is 10.2 Å². The van der Waals surface area contributed by atoms with Crippen molar-refractivity contribution in [1.82, 2.24) is 4.98 Å². The van der Waals surface area contributed by atoms with E-state index in [0.29, 0.717) is 10.8 Å². The molecule has 4 nitrogen and oxygen atoms in total. The first-order valence-electron chi connectivity index (χ1n) is 6.52. The summed E-state index contributed by atoms with van der Waals surface area (Å²) in [4.78, 5) is 16.3. The molecular weight excluding hydrogens is 305 g/mol. The third-order valence-electron chi connectivity index (χ3n) is 3.06. The fraction of sp³-hybridized carbons (Fsp3) is 0.125. The Kier molecular flexibility index (Phi) is 4.02. The molecule has 0 spiro atoms. The molecule has 0 saturated heterocycles. The molecule has 0 N–H and O–H groups in total. The van der Waals surface area contributed by atoms with Crippen molar-refractivity contribution in [1.29, 1.82) is 0 Å². The maximum Gasteiger partial charge on any atom is 0.341 e. The zero-order valence-corrected chi connectivity index (χ0v) is 12.5. The fourth-order valence-corrected chi connectivity index (χ4v) is 2.86. The first-order chi connectivity index (χ1) is 10.7. The van der Waals surface area contributed by atoms with Gasteiger partial charge in [0, 0.05) is 6.07 Å². The van der Waals surface area contributed by atoms with E-state index in [2.05, 4.69) is 4.98 Å². The van der Waals surface area contributed by atoms with Crippen molar-refractivity contribution >= 4 is 27.5 Å². The van der Waals surface area contributed by atoms with Crippen molar-refractivity contribution in [2.24, 2.45) is 0 Å². The maximum atomic E-state index is 13.8. The number of carbonyl (C=O) groups is 1. The molecule has 0 aliphatic carbocycles. The number of rotatable bonds is 4. The zero-order valence-electron chi connectivity index (χ0n) is 11.7. The molecule has 0 aliphatic heterocycles. The van der Waals surface area contributed by atoms with Crippen LogP contribution in [0.3, 0.4) is 0 Å². The minimum absolute atomic E-state index is 0.0175. The highest BCUT2D eigenvalue weighted by molar-refractivity contribution is 7.18. The predicted molar refractivity (Wildman–Crippen MR) is 81.7 cm³/mol. The standard InChI is InChI=1S/C16H12FNO3S/c1-20-10-6-7-11(12(17)8-10)16(19)21-9-15-18-13-4-2-3-5-14(13)22-15/h2-8H,9H2,1H3. The van der Waals surface area contributed by atoms with Crippen LogP contribution in [-0.4, -0.2) is 18.1 Å². The summed E-state index contributed by atoms with van der Waals surface area (Å²) in [6.07, 6.45) is 0. The predicted octanol–water partition coefficient (Wildman–Crippen LogP) is 3.80. The Balaban J connectivity index is 1.71. The number of fused-ring (bicyclic) bond motifs is 1. The molecule has 112 valence electrons. The number of esters is 1. The maximum absolute atomic E-state index is 13.8. The molecule has 3 rings (SSSR count). The van der Waals surface area contributed by atoms with Crippen molar-refractivity contribution in [2.45, 2.75) is 6.61 Å². The molecule has 0 radical (unpaired) electrons. The minimum Gasteiger partial charge on any atom is -0.497 e. The lowest BCUT2D eigenvalue weighted by molar-refractivity contribution is 0.0467. The van der Waals surface area contributed by atoms with Crippen molar-refractivity contribution in [3.8, 4) is 5.75 Å². The number of thiazole rings is 1. The molecule has 2 aromatic carbocycles. The molecule has 0 bridgehead atoms. The number of nitrogens with zero attached hydrogens (tertiary/aromatic N) is 1. The van der Waals surface area contributed by atoms with Crippen LogP contribution in [0.4, 0.5) is 4.39 Å². The second-order valence-corrected chi connectivity index (χ2v) is 5.61. The Morgan fingerprint density at radius 1 is 1.27 bits per heavy atom. The van der Waals surface area contributed by atoms with Gasteiger partial charge < -0.3 is 9.47 Å². The Labute approximate surface area is 130 Å². The molecule has 3 aromatic rings. The van der Waals surface area contributed by atoms with E-state index in [9.17, 15) is 9.18 Å². The van der Waals surface area contributed by atoms with Gasteiger partial charge in [0.2, 0.25) is 0 Å². The van der Waals surface area contributed by atoms with E-state index < -0.39 is 11.8 Å². The van der Waals surface area contributed by atoms with Crippen LogP contribution in [0, 0.1) is 5.82 Å². The number of hydrogen-bond donors (Lipinski definition) is 0. The summed E-state index contributed by atoms with van der Waals surface area (Å²) in [5, 5.41) is 0.670. The minimum atomic E-state index is -0.723. The quantitative estimate of drug-likeness (QED) is 0.687. The van der Waals surface area contributed by atoms with E-state index in [0.717, 1.165) is 16.3 Å². The lowest BCUT2D eigenvalue weighted by Gasteiger charge is -2.05. The normalized spacial score (nSPS) is 10.6. The van der Waals surface area contributed by atoms with Gasteiger partial charge >= 0.3 is 5.97 Å². The monoisotopic (exact) mass is 317 g/mol. The molecule has 1 heterocycles. The number of aromatic nitrogens is 1. The highest BCUT2D eigenvalue weighted by atomic mass is 32.1. The van der Waals surface area contributed by atoms with Crippen molar-refractivity contribution in [3.05, 3.63) is 58.9 Å². The summed E-state index contributed by atoms with van der Waals surface area (Å²) in [7, 11) is 1.43. The fourth-order valence-electron chi connectivity index (χ4n) is 1.98. The van der Waals surface area contributed by atoms with Gasteiger partial charge in [0.1, 0.15) is 23.2 Å². The van der Waals surface area contributed by atoms with Gasteiger partial charge in [-0.05, 0) is 24.3 Å². The first kappa shape index (κ1) is 14.5. The topological polar surface area (TPSA) is 48.4 Å². The second-order valence-electron chi connectivity index (χ2n) is 4.50. The lowest BCUT2D eigenvalue weighted by Crippen LogP contribution is -2.07. The van der Waals surface area contributed by atoms with Crippen LogP contribution in [0.1, 0.15) is 15.4 Å². The average Bonchev–Trinajstić information content (AvgIpc) is 2.95. The van der Waals surface area contributed by atoms with Crippen LogP contribution < -0.4 is 4.74 Å². The summed E-state index contributed by atoms with van der Waals surface area (Å²) in [5.41, 5.74) is 0.732. The summed E-state index contributed by atoms with van der Waals surface area (Å²) in [5.74, 6) is -1.05. The smallest absolute Gasteiger partial charge is 0.341 e. The third kappa shape index (κ3) is 2.92. The number of ether oxygens (including phenoxy) is 2. The molecule has 0 amide bonds. The molecule has 0 aliphatic rings. The van der Waals surface area contributed by atoms with E-state index >= 15 is 0 Å². The van der Waals surface area contributed by atoms with Crippen LogP contribution >= 0.6 is 11.3 Å². The summed E-state index contributed by atoms with van der Waals surface area (Å²) >= 11 is 1.44. The highest BCUT2D eigenvalue weighted by Gasteiger charge is 2.15. The van der Waals surface area contributed by atoms with E-state index in [-0.39, 0.29) is 12.2 Å². The second kappa shape index (κ2) is 6.11. The Bertz CT molecular complexity index is 798. The van der Waals surface area contributed by atoms with E-state index in [1.807, 2.05) is 24.3 Å². The number of carbonyl (C=O) groups excluding carboxylic acids is 1. The lowest BCUT2D eigenvalue weighted by atomic mass is 10.2. The van der Waals surface area contributed by atoms with Gasteiger partial charge in [-0.2, -0.15) is 0 Å². The summed E-state index contributed by atoms with van der Waals surface area (Å²) < 4.78 is 24.8. The van der Waals surface area contributed by atoms with Gasteiger partial charge in [0.25, 0.3) is 0 Å². The molecule has 0 fully saturated rings. The third-order valence-corrected chi connectivity index (χ3v) is 4.07. The van der Waals surface area contributed by atoms with Crippen molar-refractivity contribution in [3.63, 3.8) is 0 Å². The summed E-state index contributed by atoms with van der Waals surface area (Å²) in [6.45, 7) is 0.0175. The van der Waals surface area contributed by atoms with Crippen molar-refractivity contribution < 1.29 is 18.7 Å². The molecule has 6 heteroatoms. The molecule has 0 saturated carbocycles. The van der Waals surface area contributed by atoms with Gasteiger partial charge in [0.05, 0.1) is 22.9 Å². The Morgan fingerprint density at radius 2 is 2.09 bits per heavy atom. The Morgan fingerprint density at radius 3 is 2.82 bits per heavy atom. The van der Waals surface area contributed by atoms with Crippen molar-refractivity contribution in [2.75, 3.05) is 7.11 Å². The first-order valence-corrected chi connectivity index (χ1v) is 7.34. The number of para-hydroxylation sites is 1. The average molecular weight is 317 g/mol. The van der Waals surface area contributed by atoms with E-state index in [4.69, 9.17) is 9.47 Å². The van der Waals surface area contributed by atoms with Crippen LogP contribution in [0.15, 0.2) is 42.5 Å². The molecular formula is C16H12FNO3S. The van der Waals surface area contributed by atoms with Gasteiger partial charge in [-0.15, -0.1) is 11.3 Å². The number of halogens is 1. The largest absolute Gasteiger partial charge is 0.497 e. The SMILES string of the molecule is COc1ccc(C(=O)OCc2nc3ccccc3s2)c(F)c1. The zero-order chi connectivity index (χ0) is 15.5. The van der Waals surface area contributed by atoms with Gasteiger partial charge in [0.15, 0.2) is 0 Å². The van der Waals surface area contributed by atoms with E-state index in [1.54, 1.807) is 0 Å². The summed E-state index contributed by atoms with van der Waals surface area (Å²) in [6, 6.07) is 11.6. The number of hydrogen-bond acceptors (Lipinski definition) is 5. The van der Waals surface area contributed by atoms with Crippen LogP contribution in [-0.2, 0) is 11.3 Å². The molecule has 22 heavy (non-hydrogen) atoms. The molecule has 1 aromatic heterocycles. The van der Waals surface area contributed by atoms with E-state index in [1.165, 1.54) is 30.6 Å². The van der Waals surface area contributed by atoms with Gasteiger partial charge in [-0.25, -0.2) is 14.2 Å². The van der Waals surface area contributed by atoms with Crippen LogP contribution in [0.5, 0.6) is 5.75 Å². The number of methoxy groups -OCH3 is 1. The molecule has 0 atom stereocenters. The number of benzene rings is 2. The Hall–Kier alpha value is -2.47. The highest BCUT2D eigenvalue weighted by Crippen LogP contribution is 2.23. The van der Waals surface area contributed by atoms with Gasteiger partial charge in [-0.1, -0.05) is 12.1 Å². The van der Waals surface area contributed by atoms with Crippen LogP contribution in [0.2, 0.25) is 0 Å². The van der Waals surface area contributed by atoms with Gasteiger partial charge in [-0.3, -0.25) is 0 Å². The molecule has 0 unspecified atom stereocenters.